The van der Waals surface area contributed by atoms with E-state index in [4.69, 9.17) is 10.6 Å². The van der Waals surface area contributed by atoms with E-state index < -0.39 is 6.03 Å². The number of carbonyl (C=O) groups is 1. The fourth-order valence-electron chi connectivity index (χ4n) is 1.28. The van der Waals surface area contributed by atoms with Gasteiger partial charge in [0.15, 0.2) is 0 Å². The molecule has 0 saturated carbocycles. The third-order valence-electron chi connectivity index (χ3n) is 2.01. The molecule has 0 fully saturated rings. The molecular formula is C12H11N3O2. The first-order chi connectivity index (χ1) is 8.27. The van der Waals surface area contributed by atoms with Gasteiger partial charge in [-0.15, -0.1) is 5.06 Å². The maximum absolute atomic E-state index is 11.3. The lowest BCUT2D eigenvalue weighted by Gasteiger charge is -2.19. The number of hydrogen-bond acceptors (Lipinski definition) is 3. The minimum absolute atomic E-state index is 0.301. The van der Waals surface area contributed by atoms with E-state index in [2.05, 4.69) is 4.98 Å². The van der Waals surface area contributed by atoms with Gasteiger partial charge in [-0.25, -0.2) is 9.78 Å². The number of amides is 2. The highest BCUT2D eigenvalue weighted by Gasteiger charge is 2.14. The monoisotopic (exact) mass is 229 g/mol. The molecule has 0 aliphatic carbocycles. The zero-order valence-corrected chi connectivity index (χ0v) is 8.98. The summed E-state index contributed by atoms with van der Waals surface area (Å²) in [5.74, 6) is 0.301. The molecule has 0 aliphatic heterocycles. The van der Waals surface area contributed by atoms with Crippen molar-refractivity contribution in [3.8, 4) is 5.88 Å². The number of hydroxylamine groups is 1. The molecule has 2 N–H and O–H groups in total. The SMILES string of the molecule is NC(=O)N(Oc1ccccn1)c1ccccc1. The number of nitrogens with two attached hydrogens (primary N) is 1. The Kier molecular flexibility index (Phi) is 3.20. The number of nitrogens with zero attached hydrogens (tertiary/aromatic N) is 2. The van der Waals surface area contributed by atoms with Gasteiger partial charge in [0.05, 0.1) is 5.69 Å². The van der Waals surface area contributed by atoms with Crippen molar-refractivity contribution in [3.63, 3.8) is 0 Å². The lowest BCUT2D eigenvalue weighted by molar-refractivity contribution is 0.218. The number of para-hydroxylation sites is 1. The van der Waals surface area contributed by atoms with Crippen molar-refractivity contribution >= 4 is 11.7 Å². The van der Waals surface area contributed by atoms with Crippen LogP contribution in [0.1, 0.15) is 0 Å². The van der Waals surface area contributed by atoms with E-state index in [9.17, 15) is 4.79 Å². The van der Waals surface area contributed by atoms with Crippen LogP contribution in [0.4, 0.5) is 10.5 Å². The van der Waals surface area contributed by atoms with Crippen LogP contribution in [0.15, 0.2) is 54.7 Å². The maximum atomic E-state index is 11.3. The second-order valence-electron chi connectivity index (χ2n) is 3.23. The largest absolute Gasteiger partial charge is 0.352 e. The average molecular weight is 229 g/mol. The number of hydrogen-bond donors (Lipinski definition) is 1. The molecule has 0 radical (unpaired) electrons. The summed E-state index contributed by atoms with van der Waals surface area (Å²) in [7, 11) is 0. The van der Waals surface area contributed by atoms with Crippen LogP contribution in [0.5, 0.6) is 5.88 Å². The van der Waals surface area contributed by atoms with Gasteiger partial charge in [-0.2, -0.15) is 0 Å². The number of primary amides is 1. The second-order valence-corrected chi connectivity index (χ2v) is 3.23. The standard InChI is InChI=1S/C12H11N3O2/c13-12(16)15(10-6-2-1-3-7-10)17-11-8-4-5-9-14-11/h1-9H,(H2,13,16). The molecule has 1 aromatic carbocycles. The molecule has 0 saturated heterocycles. The van der Waals surface area contributed by atoms with Crippen LogP contribution in [0.3, 0.4) is 0 Å². The summed E-state index contributed by atoms with van der Waals surface area (Å²) in [6.45, 7) is 0. The van der Waals surface area contributed by atoms with Crippen molar-refractivity contribution in [2.45, 2.75) is 0 Å². The fraction of sp³-hybridized carbons (Fsp3) is 0. The predicted octanol–water partition coefficient (Wildman–Crippen LogP) is 1.96. The molecule has 2 aromatic rings. The van der Waals surface area contributed by atoms with Crippen molar-refractivity contribution in [3.05, 3.63) is 54.7 Å². The van der Waals surface area contributed by atoms with Crippen molar-refractivity contribution < 1.29 is 9.63 Å². The third-order valence-corrected chi connectivity index (χ3v) is 2.01. The van der Waals surface area contributed by atoms with Crippen molar-refractivity contribution in [1.29, 1.82) is 0 Å². The van der Waals surface area contributed by atoms with Crippen molar-refractivity contribution in [2.24, 2.45) is 5.73 Å². The van der Waals surface area contributed by atoms with E-state index in [0.717, 1.165) is 5.06 Å². The molecule has 86 valence electrons. The fourth-order valence-corrected chi connectivity index (χ4v) is 1.28. The lowest BCUT2D eigenvalue weighted by atomic mass is 10.3. The molecule has 5 nitrogen and oxygen atoms in total. The predicted molar refractivity (Wildman–Crippen MR) is 63.4 cm³/mol. The number of anilines is 1. The van der Waals surface area contributed by atoms with Crippen LogP contribution >= 0.6 is 0 Å². The first-order valence-corrected chi connectivity index (χ1v) is 5.01. The molecule has 0 aliphatic rings. The van der Waals surface area contributed by atoms with Crippen LogP contribution in [-0.4, -0.2) is 11.0 Å². The Balaban J connectivity index is 2.23. The maximum Gasteiger partial charge on any atom is 0.352 e. The average Bonchev–Trinajstić information content (AvgIpc) is 2.38. The number of rotatable bonds is 3. The van der Waals surface area contributed by atoms with Crippen LogP contribution in [-0.2, 0) is 0 Å². The van der Waals surface area contributed by atoms with Crippen LogP contribution in [0.25, 0.3) is 0 Å². The second kappa shape index (κ2) is 4.98. The van der Waals surface area contributed by atoms with E-state index >= 15 is 0 Å². The molecule has 0 spiro atoms. The van der Waals surface area contributed by atoms with Gasteiger partial charge >= 0.3 is 6.03 Å². The van der Waals surface area contributed by atoms with Crippen LogP contribution < -0.4 is 15.6 Å². The zero-order chi connectivity index (χ0) is 12.1. The van der Waals surface area contributed by atoms with Gasteiger partial charge in [0.25, 0.3) is 0 Å². The Bertz CT molecular complexity index is 488. The van der Waals surface area contributed by atoms with Gasteiger partial charge in [0.1, 0.15) is 0 Å². The number of pyridine rings is 1. The summed E-state index contributed by atoms with van der Waals surface area (Å²) >= 11 is 0. The Morgan fingerprint density at radius 2 is 1.82 bits per heavy atom. The number of urea groups is 1. The van der Waals surface area contributed by atoms with Crippen LogP contribution in [0.2, 0.25) is 0 Å². The molecule has 2 amide bonds. The highest BCUT2D eigenvalue weighted by Crippen LogP contribution is 2.15. The van der Waals surface area contributed by atoms with E-state index in [1.807, 2.05) is 6.07 Å². The third kappa shape index (κ3) is 2.72. The van der Waals surface area contributed by atoms with Gasteiger partial charge in [-0.3, -0.25) is 0 Å². The quantitative estimate of drug-likeness (QED) is 0.818. The normalized spacial score (nSPS) is 9.65. The number of carbonyl (C=O) groups excluding carboxylic acids is 1. The lowest BCUT2D eigenvalue weighted by Crippen LogP contribution is -2.38. The highest BCUT2D eigenvalue weighted by atomic mass is 16.7. The molecule has 0 bridgehead atoms. The Labute approximate surface area is 98.4 Å². The van der Waals surface area contributed by atoms with E-state index in [0.29, 0.717) is 11.6 Å². The van der Waals surface area contributed by atoms with Gasteiger partial charge < -0.3 is 10.6 Å². The Morgan fingerprint density at radius 1 is 1.12 bits per heavy atom. The molecule has 1 aromatic heterocycles. The first-order valence-electron chi connectivity index (χ1n) is 5.01. The summed E-state index contributed by atoms with van der Waals surface area (Å²) in [6.07, 6.45) is 1.57. The summed E-state index contributed by atoms with van der Waals surface area (Å²) in [5, 5.41) is 0.988. The Morgan fingerprint density at radius 3 is 2.41 bits per heavy atom. The zero-order valence-electron chi connectivity index (χ0n) is 8.98. The minimum atomic E-state index is -0.707. The van der Waals surface area contributed by atoms with Gasteiger partial charge in [0.2, 0.25) is 5.88 Å². The van der Waals surface area contributed by atoms with Gasteiger partial charge in [-0.1, -0.05) is 24.3 Å². The topological polar surface area (TPSA) is 68.5 Å². The number of aromatic nitrogens is 1. The summed E-state index contributed by atoms with van der Waals surface area (Å²) < 4.78 is 0. The van der Waals surface area contributed by atoms with Gasteiger partial charge in [-0.05, 0) is 18.2 Å². The van der Waals surface area contributed by atoms with Crippen molar-refractivity contribution in [2.75, 3.05) is 5.06 Å². The van der Waals surface area contributed by atoms with Gasteiger partial charge in [0, 0.05) is 12.3 Å². The van der Waals surface area contributed by atoms with E-state index in [-0.39, 0.29) is 0 Å². The van der Waals surface area contributed by atoms with E-state index in [1.165, 1.54) is 0 Å². The minimum Gasteiger partial charge on any atom is -0.350 e. The summed E-state index contributed by atoms with van der Waals surface area (Å²) in [5.41, 5.74) is 5.80. The first kappa shape index (κ1) is 10.9. The summed E-state index contributed by atoms with van der Waals surface area (Å²) in [6, 6.07) is 13.3. The van der Waals surface area contributed by atoms with E-state index in [1.54, 1.807) is 48.7 Å². The van der Waals surface area contributed by atoms with Crippen molar-refractivity contribution in [1.82, 2.24) is 4.98 Å². The Hall–Kier alpha value is -2.56. The summed E-state index contributed by atoms with van der Waals surface area (Å²) in [4.78, 5) is 20.6. The molecule has 2 rings (SSSR count). The molecule has 0 unspecified atom stereocenters. The van der Waals surface area contributed by atoms with Crippen LogP contribution in [0, 0.1) is 0 Å². The molecule has 17 heavy (non-hydrogen) atoms. The molecular weight excluding hydrogens is 218 g/mol. The smallest absolute Gasteiger partial charge is 0.350 e. The number of benzene rings is 1. The molecule has 0 atom stereocenters. The highest BCUT2D eigenvalue weighted by molar-refractivity contribution is 5.88. The molecule has 1 heterocycles. The molecule has 5 heteroatoms.